The molecule has 0 radical (unpaired) electrons. The van der Waals surface area contributed by atoms with Crippen LogP contribution in [0.3, 0.4) is 0 Å². The third-order valence-corrected chi connectivity index (χ3v) is 4.25. The Bertz CT molecular complexity index is 425. The van der Waals surface area contributed by atoms with Gasteiger partial charge in [-0.1, -0.05) is 51.1 Å². The van der Waals surface area contributed by atoms with Crippen molar-refractivity contribution in [3.05, 3.63) is 28.1 Å². The molecule has 0 unspecified atom stereocenters. The number of halogens is 1. The largest absolute Gasteiger partial charge is 0.710 e. The zero-order chi connectivity index (χ0) is 16.4. The van der Waals surface area contributed by atoms with Crippen LogP contribution in [0.15, 0.2) is 12.1 Å². The summed E-state index contributed by atoms with van der Waals surface area (Å²) in [7, 11) is 0. The average molecular weight is 327 g/mol. The van der Waals surface area contributed by atoms with Crippen molar-refractivity contribution in [2.75, 3.05) is 18.0 Å². The highest BCUT2D eigenvalue weighted by Gasteiger charge is 2.18. The van der Waals surface area contributed by atoms with E-state index in [1.807, 2.05) is 6.92 Å². The van der Waals surface area contributed by atoms with Gasteiger partial charge in [-0.2, -0.15) is 0 Å². The lowest BCUT2D eigenvalue weighted by Gasteiger charge is -2.22. The van der Waals surface area contributed by atoms with Crippen LogP contribution in [0, 0.1) is 12.1 Å². The van der Waals surface area contributed by atoms with E-state index in [2.05, 4.69) is 18.7 Å². The fourth-order valence-corrected chi connectivity index (χ4v) is 2.94. The maximum absolute atomic E-state index is 12.4. The summed E-state index contributed by atoms with van der Waals surface area (Å²) in [5.41, 5.74) is 0.662. The molecule has 0 spiro atoms. The van der Waals surface area contributed by atoms with Gasteiger partial charge in [0, 0.05) is 6.07 Å². The number of aromatic nitrogens is 1. The van der Waals surface area contributed by atoms with Crippen LogP contribution in [0.5, 0.6) is 0 Å². The second kappa shape index (κ2) is 10.7. The van der Waals surface area contributed by atoms with Crippen molar-refractivity contribution in [2.45, 2.75) is 72.1 Å². The van der Waals surface area contributed by atoms with Gasteiger partial charge in [-0.05, 0) is 38.7 Å². The molecule has 0 saturated carbocycles. The van der Waals surface area contributed by atoms with Crippen molar-refractivity contribution in [2.24, 2.45) is 0 Å². The molecule has 1 rings (SSSR count). The fourth-order valence-electron chi connectivity index (χ4n) is 2.68. The molecule has 0 bridgehead atoms. The predicted molar refractivity (Wildman–Crippen MR) is 95.6 cm³/mol. The van der Waals surface area contributed by atoms with Gasteiger partial charge in [-0.3, -0.25) is 4.90 Å². The van der Waals surface area contributed by atoms with Crippen molar-refractivity contribution < 1.29 is 4.73 Å². The Labute approximate surface area is 140 Å². The second-order valence-electron chi connectivity index (χ2n) is 6.08. The normalized spacial score (nSPS) is 10.9. The molecule has 1 aromatic rings. The number of nitrogens with zero attached hydrogens (tertiary/aromatic N) is 2. The molecule has 0 aliphatic rings. The zero-order valence-electron chi connectivity index (χ0n) is 14.4. The van der Waals surface area contributed by atoms with Crippen LogP contribution < -0.4 is 9.63 Å². The summed E-state index contributed by atoms with van der Waals surface area (Å²) in [6.45, 7) is 8.12. The molecule has 1 heterocycles. The second-order valence-corrected chi connectivity index (χ2v) is 6.51. The molecule has 3 nitrogen and oxygen atoms in total. The Balaban J connectivity index is 2.74. The van der Waals surface area contributed by atoms with Gasteiger partial charge in [0.05, 0.1) is 18.1 Å². The third-order valence-electron chi connectivity index (χ3n) is 4.03. The van der Waals surface area contributed by atoms with Gasteiger partial charge < -0.3 is 5.21 Å². The lowest BCUT2D eigenvalue weighted by atomic mass is 10.1. The molecular formula is C18H31ClN2O. The van der Waals surface area contributed by atoms with Gasteiger partial charge in [0.1, 0.15) is 5.69 Å². The van der Waals surface area contributed by atoms with Crippen molar-refractivity contribution in [3.63, 3.8) is 0 Å². The number of hydrogen-bond donors (Lipinski definition) is 0. The van der Waals surface area contributed by atoms with E-state index < -0.39 is 0 Å². The molecule has 0 aromatic carbocycles. The highest BCUT2D eigenvalue weighted by atomic mass is 35.5. The van der Waals surface area contributed by atoms with Gasteiger partial charge in [0.2, 0.25) is 0 Å². The molecule has 0 N–H and O–H groups in total. The van der Waals surface area contributed by atoms with E-state index in [9.17, 15) is 5.21 Å². The topological polar surface area (TPSA) is 30.2 Å². The Morgan fingerprint density at radius 3 is 2.00 bits per heavy atom. The van der Waals surface area contributed by atoms with E-state index in [4.69, 9.17) is 11.6 Å². The quantitative estimate of drug-likeness (QED) is 0.316. The van der Waals surface area contributed by atoms with Crippen molar-refractivity contribution in [3.8, 4) is 0 Å². The van der Waals surface area contributed by atoms with E-state index in [-0.39, 0.29) is 0 Å². The summed E-state index contributed by atoms with van der Waals surface area (Å²) in [5.74, 6) is 0.706. The number of aryl methyl sites for hydroxylation is 1. The minimum atomic E-state index is 0.645. The SMILES string of the molecule is CCCCCCN(CCCCCC)c1cc(Cl)cc(C)[n+]1[O-]. The van der Waals surface area contributed by atoms with E-state index in [1.165, 1.54) is 38.5 Å². The van der Waals surface area contributed by atoms with Gasteiger partial charge >= 0.3 is 0 Å². The molecule has 126 valence electrons. The average Bonchev–Trinajstić information content (AvgIpc) is 2.49. The first-order valence-electron chi connectivity index (χ1n) is 8.74. The lowest BCUT2D eigenvalue weighted by molar-refractivity contribution is -0.599. The molecular weight excluding hydrogens is 296 g/mol. The monoisotopic (exact) mass is 326 g/mol. The molecule has 0 atom stereocenters. The minimum absolute atomic E-state index is 0.645. The van der Waals surface area contributed by atoms with Crippen LogP contribution in [0.25, 0.3) is 0 Å². The molecule has 4 heteroatoms. The van der Waals surface area contributed by atoms with Crippen molar-refractivity contribution >= 4 is 17.4 Å². The molecule has 0 saturated heterocycles. The smallest absolute Gasteiger partial charge is 0.281 e. The van der Waals surface area contributed by atoms with Gasteiger partial charge in [-0.25, -0.2) is 4.73 Å². The predicted octanol–water partition coefficient (Wildman–Crippen LogP) is 5.25. The molecule has 22 heavy (non-hydrogen) atoms. The van der Waals surface area contributed by atoms with Crippen LogP contribution >= 0.6 is 11.6 Å². The zero-order valence-corrected chi connectivity index (χ0v) is 15.2. The summed E-state index contributed by atoms with van der Waals surface area (Å²) >= 11 is 6.15. The van der Waals surface area contributed by atoms with E-state index in [1.54, 1.807) is 12.1 Å². The molecule has 0 fully saturated rings. The summed E-state index contributed by atoms with van der Waals surface area (Å²) in [6, 6.07) is 3.53. The van der Waals surface area contributed by atoms with Crippen LogP contribution in [-0.2, 0) is 0 Å². The standard InChI is InChI=1S/C18H31ClN2O/c1-4-6-8-10-12-20(13-11-9-7-5-2)18-15-17(19)14-16(3)21(18)22/h14-15H,4-13H2,1-3H3. The Hall–Kier alpha value is -0.960. The minimum Gasteiger partial charge on any atom is -0.710 e. The Morgan fingerprint density at radius 1 is 0.955 bits per heavy atom. The van der Waals surface area contributed by atoms with E-state index in [0.717, 1.165) is 30.7 Å². The first-order chi connectivity index (χ1) is 10.6. The first kappa shape index (κ1) is 19.1. The highest BCUT2D eigenvalue weighted by molar-refractivity contribution is 6.30. The van der Waals surface area contributed by atoms with Crippen molar-refractivity contribution in [1.82, 2.24) is 0 Å². The van der Waals surface area contributed by atoms with E-state index >= 15 is 0 Å². The first-order valence-corrected chi connectivity index (χ1v) is 9.12. The molecule has 1 aromatic heterocycles. The van der Waals surface area contributed by atoms with Gasteiger partial charge in [0.15, 0.2) is 0 Å². The number of anilines is 1. The van der Waals surface area contributed by atoms with Gasteiger partial charge in [0.25, 0.3) is 5.82 Å². The number of hydrogen-bond acceptors (Lipinski definition) is 2. The maximum atomic E-state index is 12.4. The van der Waals surface area contributed by atoms with Gasteiger partial charge in [-0.15, -0.1) is 0 Å². The van der Waals surface area contributed by atoms with Crippen LogP contribution in [0.4, 0.5) is 5.82 Å². The van der Waals surface area contributed by atoms with Crippen molar-refractivity contribution in [1.29, 1.82) is 0 Å². The summed E-state index contributed by atoms with van der Waals surface area (Å²) < 4.78 is 1.02. The summed E-state index contributed by atoms with van der Waals surface area (Å²) in [6.07, 6.45) is 9.69. The number of unbranched alkanes of at least 4 members (excludes halogenated alkanes) is 6. The number of rotatable bonds is 11. The Morgan fingerprint density at radius 2 is 1.50 bits per heavy atom. The third kappa shape index (κ3) is 6.43. The van der Waals surface area contributed by atoms with E-state index in [0.29, 0.717) is 16.5 Å². The summed E-state index contributed by atoms with van der Waals surface area (Å²) in [4.78, 5) is 2.22. The molecule has 0 amide bonds. The van der Waals surface area contributed by atoms with Crippen LogP contribution in [0.1, 0.15) is 70.9 Å². The Kier molecular flexibility index (Phi) is 9.30. The van der Waals surface area contributed by atoms with Crippen LogP contribution in [-0.4, -0.2) is 13.1 Å². The summed E-state index contributed by atoms with van der Waals surface area (Å²) in [5, 5.41) is 13.0. The van der Waals surface area contributed by atoms with Crippen LogP contribution in [0.2, 0.25) is 5.02 Å². The number of pyridine rings is 1. The maximum Gasteiger partial charge on any atom is 0.281 e. The molecule has 0 aliphatic heterocycles. The molecule has 0 aliphatic carbocycles. The fraction of sp³-hybridized carbons (Fsp3) is 0.722. The lowest BCUT2D eigenvalue weighted by Crippen LogP contribution is -2.41. The highest BCUT2D eigenvalue weighted by Crippen LogP contribution is 2.19.